The number of unbranched alkanes of at least 4 members (excludes halogenated alkanes) is 3. The van der Waals surface area contributed by atoms with Crippen molar-refractivity contribution in [3.63, 3.8) is 0 Å². The fraction of sp³-hybridized carbons (Fsp3) is 0.304. The molecule has 0 N–H and O–H groups in total. The van der Waals surface area contributed by atoms with Crippen molar-refractivity contribution in [3.8, 4) is 22.5 Å². The fourth-order valence-corrected chi connectivity index (χ4v) is 3.09. The Bertz CT molecular complexity index is 930. The van der Waals surface area contributed by atoms with E-state index in [4.69, 9.17) is 0 Å². The SMILES string of the molecule is CCCCCCc1ccc(-c2cnc(-c3cc(F)c(C)c(F)c3)nc2)c(F)c1. The highest BCUT2D eigenvalue weighted by Crippen LogP contribution is 2.26. The lowest BCUT2D eigenvalue weighted by Crippen LogP contribution is -1.96. The summed E-state index contributed by atoms with van der Waals surface area (Å²) in [7, 11) is 0. The minimum Gasteiger partial charge on any atom is -0.236 e. The van der Waals surface area contributed by atoms with E-state index in [1.165, 1.54) is 44.3 Å². The Morgan fingerprint density at radius 2 is 1.46 bits per heavy atom. The van der Waals surface area contributed by atoms with Crippen LogP contribution in [0.25, 0.3) is 22.5 Å². The molecule has 0 bridgehead atoms. The summed E-state index contributed by atoms with van der Waals surface area (Å²) in [6.07, 6.45) is 8.36. The van der Waals surface area contributed by atoms with Gasteiger partial charge in [-0.1, -0.05) is 38.3 Å². The molecule has 2 aromatic carbocycles. The van der Waals surface area contributed by atoms with Gasteiger partial charge in [-0.2, -0.15) is 0 Å². The van der Waals surface area contributed by atoms with Gasteiger partial charge in [0.05, 0.1) is 0 Å². The van der Waals surface area contributed by atoms with Gasteiger partial charge in [0.2, 0.25) is 0 Å². The van der Waals surface area contributed by atoms with Crippen molar-refractivity contribution in [2.75, 3.05) is 0 Å². The van der Waals surface area contributed by atoms with Crippen molar-refractivity contribution >= 4 is 0 Å². The first-order chi connectivity index (χ1) is 13.5. The van der Waals surface area contributed by atoms with E-state index in [0.29, 0.717) is 11.1 Å². The molecule has 3 rings (SSSR count). The smallest absolute Gasteiger partial charge is 0.159 e. The van der Waals surface area contributed by atoms with Crippen molar-refractivity contribution in [2.24, 2.45) is 0 Å². The van der Waals surface area contributed by atoms with Crippen molar-refractivity contribution in [1.29, 1.82) is 0 Å². The van der Waals surface area contributed by atoms with Gasteiger partial charge >= 0.3 is 0 Å². The normalized spacial score (nSPS) is 11.0. The molecule has 0 aliphatic carbocycles. The van der Waals surface area contributed by atoms with E-state index in [1.807, 2.05) is 6.07 Å². The van der Waals surface area contributed by atoms with E-state index in [2.05, 4.69) is 16.9 Å². The van der Waals surface area contributed by atoms with Crippen LogP contribution in [-0.4, -0.2) is 9.97 Å². The lowest BCUT2D eigenvalue weighted by Gasteiger charge is -2.08. The summed E-state index contributed by atoms with van der Waals surface area (Å²) >= 11 is 0. The third kappa shape index (κ3) is 4.58. The third-order valence-corrected chi connectivity index (χ3v) is 4.85. The van der Waals surface area contributed by atoms with E-state index in [1.54, 1.807) is 12.1 Å². The maximum Gasteiger partial charge on any atom is 0.159 e. The molecule has 0 aliphatic heterocycles. The van der Waals surface area contributed by atoms with Gasteiger partial charge in [-0.05, 0) is 43.5 Å². The van der Waals surface area contributed by atoms with Crippen LogP contribution >= 0.6 is 0 Å². The Balaban J connectivity index is 1.78. The molecule has 0 atom stereocenters. The molecule has 0 amide bonds. The van der Waals surface area contributed by atoms with E-state index in [0.717, 1.165) is 24.8 Å². The van der Waals surface area contributed by atoms with Gasteiger partial charge in [-0.15, -0.1) is 0 Å². The van der Waals surface area contributed by atoms with Gasteiger partial charge in [0.1, 0.15) is 17.5 Å². The number of hydrogen-bond acceptors (Lipinski definition) is 2. The van der Waals surface area contributed by atoms with Crippen molar-refractivity contribution < 1.29 is 13.2 Å². The second-order valence-electron chi connectivity index (χ2n) is 6.99. The summed E-state index contributed by atoms with van der Waals surface area (Å²) < 4.78 is 42.0. The standard InChI is InChI=1S/C23H23F3N2/c1-3-4-5-6-7-16-8-9-19(22(26)10-16)18-13-27-23(28-14-18)17-11-20(24)15(2)21(25)12-17/h8-14H,3-7H2,1-2H3. The number of rotatable bonds is 7. The molecule has 0 aliphatic rings. The molecule has 1 aromatic heterocycles. The fourth-order valence-electron chi connectivity index (χ4n) is 3.09. The molecule has 2 nitrogen and oxygen atoms in total. The lowest BCUT2D eigenvalue weighted by atomic mass is 10.0. The van der Waals surface area contributed by atoms with Gasteiger partial charge in [-0.25, -0.2) is 23.1 Å². The first-order valence-corrected chi connectivity index (χ1v) is 9.56. The number of hydrogen-bond donors (Lipinski definition) is 0. The number of halogens is 3. The number of aryl methyl sites for hydroxylation is 1. The van der Waals surface area contributed by atoms with Gasteiger partial charge in [-0.3, -0.25) is 0 Å². The van der Waals surface area contributed by atoms with Crippen LogP contribution < -0.4 is 0 Å². The summed E-state index contributed by atoms with van der Waals surface area (Å²) in [5.41, 5.74) is 2.10. The molecule has 5 heteroatoms. The molecule has 0 spiro atoms. The molecular formula is C23H23F3N2. The summed E-state index contributed by atoms with van der Waals surface area (Å²) in [5.74, 6) is -1.43. The van der Waals surface area contributed by atoms with Crippen molar-refractivity contribution in [3.05, 3.63) is 71.3 Å². The molecule has 0 fully saturated rings. The molecule has 0 unspecified atom stereocenters. The van der Waals surface area contributed by atoms with Crippen LogP contribution in [-0.2, 0) is 6.42 Å². The summed E-state index contributed by atoms with van der Waals surface area (Å²) in [4.78, 5) is 8.32. The Labute approximate surface area is 163 Å². The zero-order valence-corrected chi connectivity index (χ0v) is 16.1. The second kappa shape index (κ2) is 9.00. The first kappa shape index (κ1) is 20.1. The van der Waals surface area contributed by atoms with Gasteiger partial charge < -0.3 is 0 Å². The molecular weight excluding hydrogens is 361 g/mol. The Morgan fingerprint density at radius 1 is 0.786 bits per heavy atom. The van der Waals surface area contributed by atoms with E-state index < -0.39 is 11.6 Å². The van der Waals surface area contributed by atoms with Crippen LogP contribution in [0.4, 0.5) is 13.2 Å². The molecule has 28 heavy (non-hydrogen) atoms. The zero-order chi connectivity index (χ0) is 20.1. The summed E-state index contributed by atoms with van der Waals surface area (Å²) in [5, 5.41) is 0. The lowest BCUT2D eigenvalue weighted by molar-refractivity contribution is 0.568. The van der Waals surface area contributed by atoms with Crippen LogP contribution in [0.3, 0.4) is 0 Å². The largest absolute Gasteiger partial charge is 0.236 e. The predicted molar refractivity (Wildman–Crippen MR) is 105 cm³/mol. The van der Waals surface area contributed by atoms with Crippen LogP contribution in [0.2, 0.25) is 0 Å². The third-order valence-electron chi connectivity index (χ3n) is 4.85. The van der Waals surface area contributed by atoms with Crippen molar-refractivity contribution in [2.45, 2.75) is 46.0 Å². The molecule has 1 heterocycles. The van der Waals surface area contributed by atoms with E-state index in [-0.39, 0.29) is 22.8 Å². The average Bonchev–Trinajstić information content (AvgIpc) is 2.69. The molecule has 0 saturated heterocycles. The number of aromatic nitrogens is 2. The topological polar surface area (TPSA) is 25.8 Å². The summed E-state index contributed by atoms with van der Waals surface area (Å²) in [6.45, 7) is 3.53. The van der Waals surface area contributed by atoms with Gasteiger partial charge in [0.25, 0.3) is 0 Å². The Kier molecular flexibility index (Phi) is 6.45. The van der Waals surface area contributed by atoms with Crippen LogP contribution in [0.5, 0.6) is 0 Å². The van der Waals surface area contributed by atoms with Gasteiger partial charge in [0, 0.05) is 34.6 Å². The average molecular weight is 384 g/mol. The second-order valence-corrected chi connectivity index (χ2v) is 6.99. The quantitative estimate of drug-likeness (QED) is 0.426. The first-order valence-electron chi connectivity index (χ1n) is 9.56. The van der Waals surface area contributed by atoms with Crippen LogP contribution in [0.1, 0.15) is 43.7 Å². The van der Waals surface area contributed by atoms with E-state index >= 15 is 0 Å². The molecule has 146 valence electrons. The molecule has 3 aromatic rings. The highest BCUT2D eigenvalue weighted by atomic mass is 19.1. The Morgan fingerprint density at radius 3 is 2.07 bits per heavy atom. The van der Waals surface area contributed by atoms with E-state index in [9.17, 15) is 13.2 Å². The Hall–Kier alpha value is -2.69. The summed E-state index contributed by atoms with van der Waals surface area (Å²) in [6, 6.07) is 7.60. The van der Waals surface area contributed by atoms with Crippen LogP contribution in [0, 0.1) is 24.4 Å². The minimum absolute atomic E-state index is 0.0442. The van der Waals surface area contributed by atoms with Crippen LogP contribution in [0.15, 0.2) is 42.7 Å². The zero-order valence-electron chi connectivity index (χ0n) is 16.1. The number of nitrogens with zero attached hydrogens (tertiary/aromatic N) is 2. The minimum atomic E-state index is -0.650. The molecule has 0 radical (unpaired) electrons. The van der Waals surface area contributed by atoms with Crippen molar-refractivity contribution in [1.82, 2.24) is 9.97 Å². The maximum atomic E-state index is 14.5. The number of benzene rings is 2. The van der Waals surface area contributed by atoms with Gasteiger partial charge in [0.15, 0.2) is 5.82 Å². The monoisotopic (exact) mass is 384 g/mol. The molecule has 0 saturated carbocycles. The predicted octanol–water partition coefficient (Wildman–Crippen LogP) is 6.66. The highest BCUT2D eigenvalue weighted by Gasteiger charge is 2.12. The highest BCUT2D eigenvalue weighted by molar-refractivity contribution is 5.65. The maximum absolute atomic E-state index is 14.5.